The molecule has 0 saturated carbocycles. The highest BCUT2D eigenvalue weighted by atomic mass is 16.5. The van der Waals surface area contributed by atoms with Gasteiger partial charge in [-0.2, -0.15) is 0 Å². The molecule has 0 atom stereocenters. The molecule has 0 fully saturated rings. The van der Waals surface area contributed by atoms with Crippen molar-refractivity contribution in [3.05, 3.63) is 58.1 Å². The summed E-state index contributed by atoms with van der Waals surface area (Å²) in [4.78, 5) is 11.1. The van der Waals surface area contributed by atoms with E-state index >= 15 is 0 Å². The molecule has 0 heterocycles. The van der Waals surface area contributed by atoms with E-state index in [0.29, 0.717) is 23.7 Å². The minimum Gasteiger partial charge on any atom is -0.497 e. The first-order valence-electron chi connectivity index (χ1n) is 6.88. The quantitative estimate of drug-likeness (QED) is 0.778. The number of aryl methyl sites for hydroxylation is 2. The summed E-state index contributed by atoms with van der Waals surface area (Å²) in [5.74, 6) is 1.21. The average molecular weight is 284 g/mol. The number of rotatable bonds is 5. The third-order valence-electron chi connectivity index (χ3n) is 3.73. The van der Waals surface area contributed by atoms with Gasteiger partial charge in [-0.15, -0.1) is 0 Å². The minimum atomic E-state index is 0.427. The molecular formula is C18H20O3. The van der Waals surface area contributed by atoms with Gasteiger partial charge in [0.1, 0.15) is 18.1 Å². The predicted molar refractivity (Wildman–Crippen MR) is 83.4 cm³/mol. The Morgan fingerprint density at radius 2 is 1.71 bits per heavy atom. The molecule has 0 radical (unpaired) electrons. The summed E-state index contributed by atoms with van der Waals surface area (Å²) in [6, 6.07) is 9.41. The van der Waals surface area contributed by atoms with Gasteiger partial charge in [0.2, 0.25) is 0 Å². The highest BCUT2D eigenvalue weighted by Gasteiger charge is 2.07. The van der Waals surface area contributed by atoms with Crippen LogP contribution >= 0.6 is 0 Å². The maximum atomic E-state index is 11.1. The molecule has 0 saturated heterocycles. The van der Waals surface area contributed by atoms with Crippen molar-refractivity contribution in [2.75, 3.05) is 7.11 Å². The summed E-state index contributed by atoms with van der Waals surface area (Å²) >= 11 is 0. The van der Waals surface area contributed by atoms with Gasteiger partial charge in [0.25, 0.3) is 0 Å². The number of carbonyl (C=O) groups is 1. The Labute approximate surface area is 125 Å². The molecule has 2 aromatic rings. The lowest BCUT2D eigenvalue weighted by Gasteiger charge is -2.12. The maximum Gasteiger partial charge on any atom is 0.153 e. The molecule has 0 bridgehead atoms. The summed E-state index contributed by atoms with van der Waals surface area (Å²) in [6.45, 7) is 6.72. The second-order valence-corrected chi connectivity index (χ2v) is 5.16. The standard InChI is InChI=1S/C18H20O3/c1-12-7-15(8-13(2)14(12)3)11-21-18-9-17(20-4)6-5-16(18)10-19/h5-10H,11H2,1-4H3. The molecule has 2 rings (SSSR count). The SMILES string of the molecule is COc1ccc(C=O)c(OCc2cc(C)c(C)c(C)c2)c1. The van der Waals surface area contributed by atoms with E-state index in [0.717, 1.165) is 11.8 Å². The van der Waals surface area contributed by atoms with Crippen LogP contribution in [0.3, 0.4) is 0 Å². The van der Waals surface area contributed by atoms with Gasteiger partial charge < -0.3 is 9.47 Å². The molecule has 21 heavy (non-hydrogen) atoms. The van der Waals surface area contributed by atoms with Crippen LogP contribution < -0.4 is 9.47 Å². The molecule has 0 aromatic heterocycles. The van der Waals surface area contributed by atoms with E-state index in [4.69, 9.17) is 9.47 Å². The Kier molecular flexibility index (Phi) is 4.63. The van der Waals surface area contributed by atoms with Crippen molar-refractivity contribution >= 4 is 6.29 Å². The Morgan fingerprint density at radius 1 is 1.05 bits per heavy atom. The number of methoxy groups -OCH3 is 1. The van der Waals surface area contributed by atoms with E-state index in [1.807, 2.05) is 0 Å². The smallest absolute Gasteiger partial charge is 0.153 e. The highest BCUT2D eigenvalue weighted by molar-refractivity contribution is 5.79. The highest BCUT2D eigenvalue weighted by Crippen LogP contribution is 2.25. The zero-order valence-corrected chi connectivity index (χ0v) is 12.9. The molecule has 0 spiro atoms. The van der Waals surface area contributed by atoms with E-state index < -0.39 is 0 Å². The van der Waals surface area contributed by atoms with Gasteiger partial charge in [-0.05, 0) is 55.2 Å². The fourth-order valence-electron chi connectivity index (χ4n) is 2.23. The van der Waals surface area contributed by atoms with Crippen LogP contribution in [0.4, 0.5) is 0 Å². The van der Waals surface area contributed by atoms with E-state index in [-0.39, 0.29) is 0 Å². The van der Waals surface area contributed by atoms with Gasteiger partial charge in [-0.3, -0.25) is 4.79 Å². The van der Waals surface area contributed by atoms with Crippen molar-refractivity contribution in [1.29, 1.82) is 0 Å². The molecule has 110 valence electrons. The van der Waals surface area contributed by atoms with Crippen LogP contribution in [0.2, 0.25) is 0 Å². The van der Waals surface area contributed by atoms with Crippen LogP contribution in [0.25, 0.3) is 0 Å². The first kappa shape index (κ1) is 15.1. The summed E-state index contributed by atoms with van der Waals surface area (Å²) in [5, 5.41) is 0. The van der Waals surface area contributed by atoms with Crippen LogP contribution in [0.5, 0.6) is 11.5 Å². The largest absolute Gasteiger partial charge is 0.497 e. The van der Waals surface area contributed by atoms with Gasteiger partial charge in [0, 0.05) is 6.07 Å². The van der Waals surface area contributed by atoms with Crippen LogP contribution in [-0.4, -0.2) is 13.4 Å². The molecule has 0 amide bonds. The second kappa shape index (κ2) is 6.44. The Balaban J connectivity index is 2.21. The van der Waals surface area contributed by atoms with Crippen LogP contribution in [0.15, 0.2) is 30.3 Å². The monoisotopic (exact) mass is 284 g/mol. The summed E-state index contributed by atoms with van der Waals surface area (Å²) in [5.41, 5.74) is 5.41. The minimum absolute atomic E-state index is 0.427. The predicted octanol–water partition coefficient (Wildman–Crippen LogP) is 4.01. The van der Waals surface area contributed by atoms with Crippen molar-refractivity contribution in [3.63, 3.8) is 0 Å². The first-order chi connectivity index (χ1) is 10.0. The molecule has 0 aliphatic rings. The fraction of sp³-hybridized carbons (Fsp3) is 0.278. The molecule has 3 nitrogen and oxygen atoms in total. The summed E-state index contributed by atoms with van der Waals surface area (Å²) < 4.78 is 11.0. The lowest BCUT2D eigenvalue weighted by molar-refractivity contribution is 0.111. The van der Waals surface area contributed by atoms with Gasteiger partial charge in [0.05, 0.1) is 12.7 Å². The third kappa shape index (κ3) is 3.43. The molecule has 3 heteroatoms. The van der Waals surface area contributed by atoms with Crippen LogP contribution in [0.1, 0.15) is 32.6 Å². The molecule has 0 aliphatic carbocycles. The van der Waals surface area contributed by atoms with Crippen molar-refractivity contribution in [2.24, 2.45) is 0 Å². The molecule has 0 aliphatic heterocycles. The average Bonchev–Trinajstić information content (AvgIpc) is 2.50. The normalized spacial score (nSPS) is 10.3. The van der Waals surface area contributed by atoms with Crippen molar-refractivity contribution in [1.82, 2.24) is 0 Å². The number of aldehydes is 1. The van der Waals surface area contributed by atoms with E-state index in [1.165, 1.54) is 16.7 Å². The van der Waals surface area contributed by atoms with Gasteiger partial charge in [0.15, 0.2) is 6.29 Å². The fourth-order valence-corrected chi connectivity index (χ4v) is 2.23. The number of hydrogen-bond donors (Lipinski definition) is 0. The molecule has 0 N–H and O–H groups in total. The Morgan fingerprint density at radius 3 is 2.29 bits per heavy atom. The van der Waals surface area contributed by atoms with E-state index in [1.54, 1.807) is 25.3 Å². The van der Waals surface area contributed by atoms with Crippen molar-refractivity contribution in [2.45, 2.75) is 27.4 Å². The van der Waals surface area contributed by atoms with Crippen molar-refractivity contribution in [3.8, 4) is 11.5 Å². The lowest BCUT2D eigenvalue weighted by Crippen LogP contribution is -2.01. The van der Waals surface area contributed by atoms with Gasteiger partial charge in [-0.25, -0.2) is 0 Å². The Bertz CT molecular complexity index is 637. The molecule has 0 unspecified atom stereocenters. The van der Waals surface area contributed by atoms with E-state index in [9.17, 15) is 4.79 Å². The van der Waals surface area contributed by atoms with Crippen LogP contribution in [-0.2, 0) is 6.61 Å². The van der Waals surface area contributed by atoms with Crippen molar-refractivity contribution < 1.29 is 14.3 Å². The number of hydrogen-bond acceptors (Lipinski definition) is 3. The molecule has 2 aromatic carbocycles. The lowest BCUT2D eigenvalue weighted by atomic mass is 10.0. The number of ether oxygens (including phenoxy) is 2. The zero-order valence-electron chi connectivity index (χ0n) is 12.9. The zero-order chi connectivity index (χ0) is 15.4. The topological polar surface area (TPSA) is 35.5 Å². The third-order valence-corrected chi connectivity index (χ3v) is 3.73. The second-order valence-electron chi connectivity index (χ2n) is 5.16. The van der Waals surface area contributed by atoms with E-state index in [2.05, 4.69) is 32.9 Å². The number of carbonyl (C=O) groups excluding carboxylic acids is 1. The first-order valence-corrected chi connectivity index (χ1v) is 6.88. The Hall–Kier alpha value is -2.29. The number of benzene rings is 2. The molecular weight excluding hydrogens is 264 g/mol. The summed E-state index contributed by atoms with van der Waals surface area (Å²) in [7, 11) is 1.59. The van der Waals surface area contributed by atoms with Gasteiger partial charge in [-0.1, -0.05) is 12.1 Å². The maximum absolute atomic E-state index is 11.1. The summed E-state index contributed by atoms with van der Waals surface area (Å²) in [6.07, 6.45) is 0.792. The van der Waals surface area contributed by atoms with Gasteiger partial charge >= 0.3 is 0 Å². The van der Waals surface area contributed by atoms with Crippen LogP contribution in [0, 0.1) is 20.8 Å².